The van der Waals surface area contributed by atoms with E-state index in [0.717, 1.165) is 12.8 Å². The third-order valence-electron chi connectivity index (χ3n) is 3.36. The van der Waals surface area contributed by atoms with Crippen LogP contribution in [-0.2, 0) is 14.3 Å². The van der Waals surface area contributed by atoms with Gasteiger partial charge in [0.2, 0.25) is 0 Å². The van der Waals surface area contributed by atoms with Gasteiger partial charge in [-0.05, 0) is 32.1 Å². The van der Waals surface area contributed by atoms with Crippen molar-refractivity contribution in [2.24, 2.45) is 5.92 Å². The maximum Gasteiger partial charge on any atom is 0.325 e. The number of urea groups is 1. The van der Waals surface area contributed by atoms with Crippen LogP contribution in [0.15, 0.2) is 0 Å². The fraction of sp³-hybridized carbons (Fsp3) is 0.769. The Bertz CT molecular complexity index is 351. The number of likely N-dealkylation sites (tertiary alicyclic amines) is 1. The van der Waals surface area contributed by atoms with Crippen molar-refractivity contribution in [2.75, 3.05) is 26.2 Å². The highest BCUT2D eigenvalue weighted by molar-refractivity contribution is 5.80. The Morgan fingerprint density at radius 3 is 2.50 bits per heavy atom. The van der Waals surface area contributed by atoms with Gasteiger partial charge in [-0.1, -0.05) is 0 Å². The molecule has 0 aromatic carbocycles. The average molecular weight is 286 g/mol. The van der Waals surface area contributed by atoms with Gasteiger partial charge in [-0.15, -0.1) is 0 Å². The number of carboxylic acids is 1. The van der Waals surface area contributed by atoms with E-state index < -0.39 is 11.9 Å². The van der Waals surface area contributed by atoms with Crippen LogP contribution < -0.4 is 5.32 Å². The largest absolute Gasteiger partial charge is 0.481 e. The number of rotatable bonds is 6. The maximum atomic E-state index is 11.8. The Morgan fingerprint density at radius 1 is 1.30 bits per heavy atom. The highest BCUT2D eigenvalue weighted by Gasteiger charge is 2.23. The lowest BCUT2D eigenvalue weighted by Crippen LogP contribution is -2.46. The second-order valence-electron chi connectivity index (χ2n) is 4.83. The Kier molecular flexibility index (Phi) is 6.83. The van der Waals surface area contributed by atoms with Crippen molar-refractivity contribution in [3.63, 3.8) is 0 Å². The molecular weight excluding hydrogens is 264 g/mol. The molecule has 0 aromatic heterocycles. The molecule has 2 amide bonds. The van der Waals surface area contributed by atoms with Gasteiger partial charge in [-0.2, -0.15) is 0 Å². The highest BCUT2D eigenvalue weighted by Crippen LogP contribution is 2.21. The Morgan fingerprint density at radius 2 is 1.95 bits per heavy atom. The van der Waals surface area contributed by atoms with Gasteiger partial charge in [0.25, 0.3) is 0 Å². The lowest BCUT2D eigenvalue weighted by Gasteiger charge is -2.31. The van der Waals surface area contributed by atoms with Gasteiger partial charge in [0.1, 0.15) is 6.54 Å². The van der Waals surface area contributed by atoms with Crippen molar-refractivity contribution >= 4 is 18.0 Å². The van der Waals surface area contributed by atoms with Crippen molar-refractivity contribution in [2.45, 2.75) is 32.6 Å². The summed E-state index contributed by atoms with van der Waals surface area (Å²) >= 11 is 0. The van der Waals surface area contributed by atoms with Crippen molar-refractivity contribution in [3.05, 3.63) is 0 Å². The highest BCUT2D eigenvalue weighted by atomic mass is 16.5. The summed E-state index contributed by atoms with van der Waals surface area (Å²) in [7, 11) is 0. The van der Waals surface area contributed by atoms with Crippen LogP contribution in [0.2, 0.25) is 0 Å². The molecule has 114 valence electrons. The number of carbonyl (C=O) groups excluding carboxylic acids is 2. The normalized spacial score (nSPS) is 15.8. The fourth-order valence-electron chi connectivity index (χ4n) is 2.22. The van der Waals surface area contributed by atoms with E-state index in [-0.39, 0.29) is 19.0 Å². The van der Waals surface area contributed by atoms with Crippen LogP contribution in [-0.4, -0.2) is 54.2 Å². The molecular formula is C13H22N2O5. The number of nitrogens with one attached hydrogen (secondary N) is 1. The zero-order chi connectivity index (χ0) is 15.0. The van der Waals surface area contributed by atoms with Crippen LogP contribution >= 0.6 is 0 Å². The number of carbonyl (C=O) groups is 3. The van der Waals surface area contributed by atoms with Crippen LogP contribution in [0.4, 0.5) is 4.79 Å². The number of esters is 1. The van der Waals surface area contributed by atoms with Gasteiger partial charge in [-0.25, -0.2) is 4.79 Å². The van der Waals surface area contributed by atoms with Gasteiger partial charge < -0.3 is 20.1 Å². The topological polar surface area (TPSA) is 95.9 Å². The molecule has 1 heterocycles. The second kappa shape index (κ2) is 8.39. The number of hydrogen-bond acceptors (Lipinski definition) is 4. The second-order valence-corrected chi connectivity index (χ2v) is 4.83. The number of piperidine rings is 1. The molecule has 1 aliphatic heterocycles. The number of carboxylic acid groups (broad SMARTS) is 1. The molecule has 0 saturated carbocycles. The van der Waals surface area contributed by atoms with Crippen molar-refractivity contribution < 1.29 is 24.2 Å². The Labute approximate surface area is 118 Å². The molecule has 0 bridgehead atoms. The quantitative estimate of drug-likeness (QED) is 0.705. The minimum Gasteiger partial charge on any atom is -0.481 e. The van der Waals surface area contributed by atoms with Gasteiger partial charge >= 0.3 is 18.0 Å². The predicted molar refractivity (Wildman–Crippen MR) is 71.2 cm³/mol. The van der Waals surface area contributed by atoms with Gasteiger partial charge in [-0.3, -0.25) is 9.59 Å². The van der Waals surface area contributed by atoms with E-state index in [2.05, 4.69) is 5.32 Å². The maximum absolute atomic E-state index is 11.8. The molecule has 20 heavy (non-hydrogen) atoms. The summed E-state index contributed by atoms with van der Waals surface area (Å²) in [5, 5.41) is 11.2. The van der Waals surface area contributed by atoms with Crippen LogP contribution in [0, 0.1) is 5.92 Å². The SMILES string of the molecule is CCOC(=O)CNC(=O)N1CCC(CCC(=O)O)CC1. The molecule has 1 fully saturated rings. The van der Waals surface area contributed by atoms with E-state index >= 15 is 0 Å². The fourth-order valence-corrected chi connectivity index (χ4v) is 2.22. The third-order valence-corrected chi connectivity index (χ3v) is 3.36. The standard InChI is InChI=1S/C13H22N2O5/c1-2-20-12(18)9-14-13(19)15-7-5-10(6-8-15)3-4-11(16)17/h10H,2-9H2,1H3,(H,14,19)(H,16,17). The number of nitrogens with zero attached hydrogens (tertiary/aromatic N) is 1. The number of amides is 2. The summed E-state index contributed by atoms with van der Waals surface area (Å²) in [5.41, 5.74) is 0. The van der Waals surface area contributed by atoms with E-state index in [4.69, 9.17) is 9.84 Å². The van der Waals surface area contributed by atoms with Gasteiger partial charge in [0.05, 0.1) is 6.61 Å². The van der Waals surface area contributed by atoms with E-state index in [1.165, 1.54) is 0 Å². The van der Waals surface area contributed by atoms with Crippen LogP contribution in [0.3, 0.4) is 0 Å². The molecule has 2 N–H and O–H groups in total. The first-order chi connectivity index (χ1) is 9.52. The van der Waals surface area contributed by atoms with E-state index in [0.29, 0.717) is 32.0 Å². The molecule has 7 heteroatoms. The first-order valence-electron chi connectivity index (χ1n) is 6.93. The average Bonchev–Trinajstić information content (AvgIpc) is 2.43. The smallest absolute Gasteiger partial charge is 0.325 e. The van der Waals surface area contributed by atoms with Crippen LogP contribution in [0.5, 0.6) is 0 Å². The van der Waals surface area contributed by atoms with Crippen LogP contribution in [0.1, 0.15) is 32.6 Å². The number of hydrogen-bond donors (Lipinski definition) is 2. The van der Waals surface area contributed by atoms with Crippen molar-refractivity contribution in [1.29, 1.82) is 0 Å². The molecule has 1 rings (SSSR count). The minimum absolute atomic E-state index is 0.119. The lowest BCUT2D eigenvalue weighted by molar-refractivity contribution is -0.142. The number of aliphatic carboxylic acids is 1. The molecule has 0 atom stereocenters. The summed E-state index contributed by atoms with van der Waals surface area (Å²) in [6, 6.07) is -0.269. The predicted octanol–water partition coefficient (Wildman–Crippen LogP) is 0.836. The van der Waals surface area contributed by atoms with Gasteiger partial charge in [0, 0.05) is 19.5 Å². The van der Waals surface area contributed by atoms with Crippen LogP contribution in [0.25, 0.3) is 0 Å². The Balaban J connectivity index is 2.21. The molecule has 7 nitrogen and oxygen atoms in total. The molecule has 0 aromatic rings. The number of ether oxygens (including phenoxy) is 1. The van der Waals surface area contributed by atoms with Gasteiger partial charge in [0.15, 0.2) is 0 Å². The van der Waals surface area contributed by atoms with Crippen molar-refractivity contribution in [3.8, 4) is 0 Å². The molecule has 0 aliphatic carbocycles. The Hall–Kier alpha value is -1.79. The molecule has 0 unspecified atom stereocenters. The van der Waals surface area contributed by atoms with E-state index in [1.54, 1.807) is 11.8 Å². The summed E-state index contributed by atoms with van der Waals surface area (Å²) in [6.07, 6.45) is 2.45. The third kappa shape index (κ3) is 5.90. The first kappa shape index (κ1) is 16.3. The zero-order valence-corrected chi connectivity index (χ0v) is 11.8. The van der Waals surface area contributed by atoms with E-state index in [9.17, 15) is 14.4 Å². The van der Waals surface area contributed by atoms with Crippen molar-refractivity contribution in [1.82, 2.24) is 10.2 Å². The van der Waals surface area contributed by atoms with E-state index in [1.807, 2.05) is 0 Å². The summed E-state index contributed by atoms with van der Waals surface area (Å²) in [5.74, 6) is -0.864. The molecule has 1 saturated heterocycles. The minimum atomic E-state index is -0.778. The monoisotopic (exact) mass is 286 g/mol. The summed E-state index contributed by atoms with van der Waals surface area (Å²) < 4.78 is 4.72. The molecule has 0 spiro atoms. The molecule has 1 aliphatic rings. The zero-order valence-electron chi connectivity index (χ0n) is 11.8. The molecule has 0 radical (unpaired) electrons. The summed E-state index contributed by atoms with van der Waals surface area (Å²) in [4.78, 5) is 35.1. The first-order valence-corrected chi connectivity index (χ1v) is 6.93. The lowest BCUT2D eigenvalue weighted by atomic mass is 9.92. The summed E-state index contributed by atoms with van der Waals surface area (Å²) in [6.45, 7) is 3.08.